The molecule has 1 nitrogen and oxygen atoms in total. The van der Waals surface area contributed by atoms with Crippen LogP contribution in [0.4, 0.5) is 0 Å². The van der Waals surface area contributed by atoms with Gasteiger partial charge < -0.3 is 0 Å². The molecule has 1 rings (SSSR count). The van der Waals surface area contributed by atoms with Crippen LogP contribution >= 0.6 is 11.8 Å². The van der Waals surface area contributed by atoms with Crippen LogP contribution in [0.25, 0.3) is 0 Å². The number of benzene rings is 1. The number of rotatable bonds is 11. The first-order chi connectivity index (χ1) is 12.4. The highest BCUT2D eigenvalue weighted by Crippen LogP contribution is 2.38. The largest absolute Gasteiger partial charge is 0.262 e. The molecule has 0 N–H and O–H groups in total. The molecule has 0 bridgehead atoms. The molecule has 0 radical (unpaired) electrons. The molecule has 0 heterocycles. The SMILES string of the molecule is C=C/C=C(\N=C(C)C)C(C)(CCCCC)Cc1ccc(C(C)SC)cc1. The van der Waals surface area contributed by atoms with Gasteiger partial charge in [0.1, 0.15) is 0 Å². The Balaban J connectivity index is 3.13. The lowest BCUT2D eigenvalue weighted by atomic mass is 9.76. The monoisotopic (exact) mass is 371 g/mol. The molecule has 1 aromatic rings. The van der Waals surface area contributed by atoms with Crippen molar-refractivity contribution in [2.45, 2.75) is 72.0 Å². The van der Waals surface area contributed by atoms with Crippen molar-refractivity contribution in [3.8, 4) is 0 Å². The fourth-order valence-corrected chi connectivity index (χ4v) is 3.72. The van der Waals surface area contributed by atoms with Gasteiger partial charge in [-0.2, -0.15) is 11.8 Å². The third-order valence-corrected chi connectivity index (χ3v) is 5.95. The van der Waals surface area contributed by atoms with Gasteiger partial charge in [-0.05, 0) is 57.1 Å². The average Bonchev–Trinajstić information content (AvgIpc) is 2.61. The first-order valence-electron chi connectivity index (χ1n) is 9.83. The molecule has 0 aliphatic heterocycles. The van der Waals surface area contributed by atoms with Crippen LogP contribution in [-0.2, 0) is 6.42 Å². The smallest absolute Gasteiger partial charge is 0.0464 e. The summed E-state index contributed by atoms with van der Waals surface area (Å²) in [6.07, 6.45) is 12.1. The van der Waals surface area contributed by atoms with Gasteiger partial charge in [0.15, 0.2) is 0 Å². The quantitative estimate of drug-likeness (QED) is 0.220. The van der Waals surface area contributed by atoms with Gasteiger partial charge in [-0.25, -0.2) is 0 Å². The van der Waals surface area contributed by atoms with Gasteiger partial charge in [-0.1, -0.05) is 70.0 Å². The molecule has 0 amide bonds. The molecule has 2 atom stereocenters. The highest BCUT2D eigenvalue weighted by molar-refractivity contribution is 7.98. The maximum Gasteiger partial charge on any atom is 0.0464 e. The Kier molecular flexibility index (Phi) is 10.0. The van der Waals surface area contributed by atoms with Gasteiger partial charge in [-0.3, -0.25) is 4.99 Å². The summed E-state index contributed by atoms with van der Waals surface area (Å²) in [5, 5.41) is 0.545. The third kappa shape index (κ3) is 7.15. The van der Waals surface area contributed by atoms with Crippen LogP contribution < -0.4 is 0 Å². The van der Waals surface area contributed by atoms with Crippen molar-refractivity contribution < 1.29 is 0 Å². The number of aliphatic imine (C=N–C) groups is 1. The summed E-state index contributed by atoms with van der Waals surface area (Å²) in [5.41, 5.74) is 5.08. The summed E-state index contributed by atoms with van der Waals surface area (Å²) in [7, 11) is 0. The van der Waals surface area contributed by atoms with Gasteiger partial charge in [0.2, 0.25) is 0 Å². The summed E-state index contributed by atoms with van der Waals surface area (Å²) < 4.78 is 0. The van der Waals surface area contributed by atoms with E-state index in [2.05, 4.69) is 77.8 Å². The molecule has 0 spiro atoms. The van der Waals surface area contributed by atoms with Crippen LogP contribution in [0.1, 0.15) is 76.7 Å². The van der Waals surface area contributed by atoms with E-state index in [4.69, 9.17) is 4.99 Å². The molecule has 0 saturated carbocycles. The lowest BCUT2D eigenvalue weighted by molar-refractivity contribution is 0.342. The van der Waals surface area contributed by atoms with E-state index in [9.17, 15) is 0 Å². The van der Waals surface area contributed by atoms with Crippen LogP contribution in [0.15, 0.2) is 53.7 Å². The molecule has 2 heteroatoms. The van der Waals surface area contributed by atoms with Crippen molar-refractivity contribution in [2.75, 3.05) is 6.26 Å². The van der Waals surface area contributed by atoms with Crippen LogP contribution in [0.5, 0.6) is 0 Å². The lowest BCUT2D eigenvalue weighted by Gasteiger charge is -2.31. The standard InChI is InChI=1S/C24H37NS/c1-8-10-11-17-24(6,23(12-9-2)25-19(3)4)18-21-13-15-22(16-14-21)20(5)26-7/h9,12-16,20H,2,8,10-11,17-18H2,1,3-7H3/b23-12-. The van der Waals surface area contributed by atoms with Crippen molar-refractivity contribution in [3.05, 3.63) is 59.8 Å². The molecule has 0 aromatic heterocycles. The lowest BCUT2D eigenvalue weighted by Crippen LogP contribution is -2.22. The van der Waals surface area contributed by atoms with Crippen molar-refractivity contribution in [3.63, 3.8) is 0 Å². The number of hydrogen-bond acceptors (Lipinski definition) is 2. The maximum absolute atomic E-state index is 4.88. The predicted octanol–water partition coefficient (Wildman–Crippen LogP) is 7.79. The number of hydrogen-bond donors (Lipinski definition) is 0. The van der Waals surface area contributed by atoms with Crippen molar-refractivity contribution >= 4 is 17.5 Å². The molecular weight excluding hydrogens is 334 g/mol. The molecule has 0 fully saturated rings. The zero-order chi connectivity index (χ0) is 19.6. The first-order valence-corrected chi connectivity index (χ1v) is 11.1. The van der Waals surface area contributed by atoms with Gasteiger partial charge in [0, 0.05) is 22.1 Å². The maximum atomic E-state index is 4.88. The minimum Gasteiger partial charge on any atom is -0.262 e. The average molecular weight is 372 g/mol. The predicted molar refractivity (Wildman–Crippen MR) is 121 cm³/mol. The van der Waals surface area contributed by atoms with Crippen LogP contribution in [0, 0.1) is 5.41 Å². The number of nitrogens with zero attached hydrogens (tertiary/aromatic N) is 1. The van der Waals surface area contributed by atoms with E-state index in [0.29, 0.717) is 5.25 Å². The van der Waals surface area contributed by atoms with E-state index >= 15 is 0 Å². The summed E-state index contributed by atoms with van der Waals surface area (Å²) in [6, 6.07) is 9.17. The van der Waals surface area contributed by atoms with E-state index in [0.717, 1.165) is 24.3 Å². The minimum absolute atomic E-state index is 0.0350. The Hall–Kier alpha value is -1.28. The fraction of sp³-hybridized carbons (Fsp3) is 0.542. The first kappa shape index (κ1) is 22.8. The molecule has 1 aromatic carbocycles. The fourth-order valence-electron chi connectivity index (χ4n) is 3.29. The van der Waals surface area contributed by atoms with Crippen molar-refractivity contribution in [1.29, 1.82) is 0 Å². The molecular formula is C24H37NS. The minimum atomic E-state index is 0.0350. The van der Waals surface area contributed by atoms with E-state index in [-0.39, 0.29) is 5.41 Å². The van der Waals surface area contributed by atoms with Crippen molar-refractivity contribution in [1.82, 2.24) is 0 Å². The number of unbranched alkanes of at least 4 members (excludes halogenated alkanes) is 2. The Morgan fingerprint density at radius 2 is 1.88 bits per heavy atom. The Morgan fingerprint density at radius 1 is 1.23 bits per heavy atom. The van der Waals surface area contributed by atoms with Gasteiger partial charge >= 0.3 is 0 Å². The van der Waals surface area contributed by atoms with E-state index < -0.39 is 0 Å². The number of thioether (sulfide) groups is 1. The van der Waals surface area contributed by atoms with Crippen LogP contribution in [-0.4, -0.2) is 12.0 Å². The summed E-state index contributed by atoms with van der Waals surface area (Å²) >= 11 is 1.89. The Labute approximate surface area is 166 Å². The second-order valence-electron chi connectivity index (χ2n) is 7.66. The molecule has 0 aliphatic carbocycles. The van der Waals surface area contributed by atoms with E-state index in [1.54, 1.807) is 0 Å². The Morgan fingerprint density at radius 3 is 2.38 bits per heavy atom. The van der Waals surface area contributed by atoms with E-state index in [1.807, 2.05) is 17.8 Å². The topological polar surface area (TPSA) is 12.4 Å². The van der Waals surface area contributed by atoms with Gasteiger partial charge in [-0.15, -0.1) is 0 Å². The third-order valence-electron chi connectivity index (χ3n) is 4.97. The molecule has 2 unspecified atom stereocenters. The van der Waals surface area contributed by atoms with Crippen LogP contribution in [0.3, 0.4) is 0 Å². The normalized spacial score (nSPS) is 15.2. The molecule has 0 aliphatic rings. The summed E-state index contributed by atoms with van der Waals surface area (Å²) in [4.78, 5) is 4.88. The second-order valence-corrected chi connectivity index (χ2v) is 8.84. The van der Waals surface area contributed by atoms with Crippen molar-refractivity contribution in [2.24, 2.45) is 10.4 Å². The van der Waals surface area contributed by atoms with Gasteiger partial charge in [0.05, 0.1) is 0 Å². The summed E-state index contributed by atoms with van der Waals surface area (Å²) in [5.74, 6) is 0. The zero-order valence-corrected chi connectivity index (χ0v) is 18.5. The number of allylic oxidation sites excluding steroid dienone is 3. The van der Waals surface area contributed by atoms with E-state index in [1.165, 1.54) is 30.4 Å². The molecule has 144 valence electrons. The molecule has 26 heavy (non-hydrogen) atoms. The highest BCUT2D eigenvalue weighted by Gasteiger charge is 2.29. The summed E-state index contributed by atoms with van der Waals surface area (Å²) in [6.45, 7) is 14.9. The van der Waals surface area contributed by atoms with Crippen LogP contribution in [0.2, 0.25) is 0 Å². The zero-order valence-electron chi connectivity index (χ0n) is 17.6. The Bertz CT molecular complexity index is 608. The highest BCUT2D eigenvalue weighted by atomic mass is 32.2. The molecule has 0 saturated heterocycles. The van der Waals surface area contributed by atoms with Gasteiger partial charge in [0.25, 0.3) is 0 Å². The second kappa shape index (κ2) is 11.4.